The zero-order valence-corrected chi connectivity index (χ0v) is 12.9. The van der Waals surface area contributed by atoms with E-state index in [0.717, 1.165) is 45.3 Å². The highest BCUT2D eigenvalue weighted by Gasteiger charge is 2.27. The van der Waals surface area contributed by atoms with E-state index < -0.39 is 5.60 Å². The van der Waals surface area contributed by atoms with E-state index in [1.54, 1.807) is 0 Å². The Bertz CT molecular complexity index is 278. The van der Waals surface area contributed by atoms with Crippen molar-refractivity contribution in [3.8, 4) is 0 Å². The van der Waals surface area contributed by atoms with Gasteiger partial charge in [-0.05, 0) is 47.2 Å². The second kappa shape index (κ2) is 7.13. The maximum Gasteiger partial charge on any atom is 0.410 e. The molecule has 0 unspecified atom stereocenters. The molecule has 19 heavy (non-hydrogen) atoms. The number of likely N-dealkylation sites (tertiary alicyclic amines) is 1. The number of amides is 1. The van der Waals surface area contributed by atoms with E-state index in [0.29, 0.717) is 6.04 Å². The highest BCUT2D eigenvalue weighted by molar-refractivity contribution is 5.68. The van der Waals surface area contributed by atoms with E-state index >= 15 is 0 Å². The van der Waals surface area contributed by atoms with Crippen LogP contribution < -0.4 is 0 Å². The fourth-order valence-electron chi connectivity index (χ4n) is 2.36. The highest BCUT2D eigenvalue weighted by Crippen LogP contribution is 2.18. The number of nitrogens with zero attached hydrogens (tertiary/aromatic N) is 2. The van der Waals surface area contributed by atoms with Crippen LogP contribution in [0.1, 0.15) is 46.5 Å². The van der Waals surface area contributed by atoms with Crippen molar-refractivity contribution < 1.29 is 9.53 Å². The van der Waals surface area contributed by atoms with Crippen LogP contribution in [0, 0.1) is 6.92 Å². The van der Waals surface area contributed by atoms with Gasteiger partial charge in [-0.25, -0.2) is 4.79 Å². The predicted octanol–water partition coefficient (Wildman–Crippen LogP) is 2.93. The summed E-state index contributed by atoms with van der Waals surface area (Å²) in [6.45, 7) is 12.3. The van der Waals surface area contributed by atoms with Crippen molar-refractivity contribution in [1.29, 1.82) is 0 Å². The molecule has 0 aromatic carbocycles. The average Bonchev–Trinajstić information content (AvgIpc) is 2.34. The van der Waals surface area contributed by atoms with Gasteiger partial charge in [-0.3, -0.25) is 0 Å². The fourth-order valence-corrected chi connectivity index (χ4v) is 2.36. The summed E-state index contributed by atoms with van der Waals surface area (Å²) in [5, 5.41) is 0. The SMILES string of the molecule is [CH2-]CCCN(C)C1CCN(C(=O)OC(C)(C)C)CC1. The van der Waals surface area contributed by atoms with Gasteiger partial charge in [-0.1, -0.05) is 6.42 Å². The van der Waals surface area contributed by atoms with Crippen LogP contribution in [0.3, 0.4) is 0 Å². The van der Waals surface area contributed by atoms with Gasteiger partial charge in [-0.15, -0.1) is 0 Å². The lowest BCUT2D eigenvalue weighted by atomic mass is 10.0. The number of carbonyl (C=O) groups excluding carboxylic acids is 1. The Morgan fingerprint density at radius 3 is 2.42 bits per heavy atom. The standard InChI is InChI=1S/C15H29N2O2/c1-6-7-10-16(5)13-8-11-17(12-9-13)14(18)19-15(2,3)4/h13H,1,6-12H2,2-5H3/q-1. The van der Waals surface area contributed by atoms with Crippen LogP contribution in [-0.2, 0) is 4.74 Å². The normalized spacial score (nSPS) is 17.9. The molecule has 0 aliphatic carbocycles. The van der Waals surface area contributed by atoms with Crippen molar-refractivity contribution >= 4 is 6.09 Å². The first-order valence-electron chi connectivity index (χ1n) is 7.31. The average molecular weight is 269 g/mol. The van der Waals surface area contributed by atoms with Gasteiger partial charge in [0.1, 0.15) is 5.60 Å². The van der Waals surface area contributed by atoms with E-state index in [9.17, 15) is 4.79 Å². The summed E-state index contributed by atoms with van der Waals surface area (Å²) in [6, 6.07) is 0.588. The Kier molecular flexibility index (Phi) is 6.11. The van der Waals surface area contributed by atoms with Gasteiger partial charge in [-0.2, -0.15) is 6.42 Å². The Morgan fingerprint density at radius 2 is 1.95 bits per heavy atom. The minimum absolute atomic E-state index is 0.175. The maximum atomic E-state index is 11.9. The molecule has 0 spiro atoms. The number of unbranched alkanes of at least 4 members (excludes halogenated alkanes) is 1. The molecule has 1 amide bonds. The molecule has 0 atom stereocenters. The summed E-state index contributed by atoms with van der Waals surface area (Å²) in [5.41, 5.74) is -0.404. The molecule has 1 saturated heterocycles. The van der Waals surface area contributed by atoms with E-state index in [-0.39, 0.29) is 6.09 Å². The van der Waals surface area contributed by atoms with Gasteiger partial charge in [0.25, 0.3) is 0 Å². The lowest BCUT2D eigenvalue weighted by Gasteiger charge is -2.37. The molecular weight excluding hydrogens is 240 g/mol. The fraction of sp³-hybridized carbons (Fsp3) is 0.867. The number of rotatable bonds is 4. The van der Waals surface area contributed by atoms with Gasteiger partial charge in [0.05, 0.1) is 0 Å². The molecule has 1 aliphatic rings. The smallest absolute Gasteiger partial charge is 0.410 e. The van der Waals surface area contributed by atoms with Crippen LogP contribution in [-0.4, -0.2) is 54.2 Å². The van der Waals surface area contributed by atoms with E-state index in [1.165, 1.54) is 0 Å². The molecule has 4 heteroatoms. The van der Waals surface area contributed by atoms with Crippen LogP contribution in [0.15, 0.2) is 0 Å². The maximum absolute atomic E-state index is 11.9. The summed E-state index contributed by atoms with van der Waals surface area (Å²) in [4.78, 5) is 16.2. The summed E-state index contributed by atoms with van der Waals surface area (Å²) < 4.78 is 5.40. The quantitative estimate of drug-likeness (QED) is 0.736. The second-order valence-electron chi connectivity index (χ2n) is 6.39. The molecule has 4 nitrogen and oxygen atoms in total. The molecule has 1 fully saturated rings. The van der Waals surface area contributed by atoms with Gasteiger partial charge in [0.15, 0.2) is 0 Å². The third kappa shape index (κ3) is 5.81. The van der Waals surface area contributed by atoms with E-state index in [1.807, 2.05) is 25.7 Å². The predicted molar refractivity (Wildman–Crippen MR) is 78.1 cm³/mol. The van der Waals surface area contributed by atoms with Gasteiger partial charge >= 0.3 is 6.09 Å². The minimum atomic E-state index is -0.404. The summed E-state index contributed by atoms with van der Waals surface area (Å²) >= 11 is 0. The molecule has 112 valence electrons. The van der Waals surface area contributed by atoms with Crippen LogP contribution in [0.25, 0.3) is 0 Å². The first-order chi connectivity index (χ1) is 8.83. The molecule has 0 aromatic heterocycles. The summed E-state index contributed by atoms with van der Waals surface area (Å²) in [6.07, 6.45) is 4.02. The zero-order valence-electron chi connectivity index (χ0n) is 12.9. The summed E-state index contributed by atoms with van der Waals surface area (Å²) in [7, 11) is 2.17. The molecule has 1 heterocycles. The van der Waals surface area contributed by atoms with Crippen molar-refractivity contribution in [1.82, 2.24) is 9.80 Å². The number of carbonyl (C=O) groups is 1. The van der Waals surface area contributed by atoms with Crippen LogP contribution >= 0.6 is 0 Å². The Hall–Kier alpha value is -0.770. The van der Waals surface area contributed by atoms with Crippen molar-refractivity contribution in [3.63, 3.8) is 0 Å². The van der Waals surface area contributed by atoms with Crippen molar-refractivity contribution in [2.45, 2.75) is 58.1 Å². The molecule has 0 bridgehead atoms. The number of piperidine rings is 1. The molecule has 1 rings (SSSR count). The van der Waals surface area contributed by atoms with Gasteiger partial charge in [0.2, 0.25) is 0 Å². The van der Waals surface area contributed by atoms with Crippen LogP contribution in [0.4, 0.5) is 4.79 Å². The molecular formula is C15H29N2O2-. The Labute approximate surface area is 118 Å². The van der Waals surface area contributed by atoms with Crippen LogP contribution in [0.5, 0.6) is 0 Å². The third-order valence-corrected chi connectivity index (χ3v) is 3.50. The van der Waals surface area contributed by atoms with Gasteiger partial charge in [0, 0.05) is 19.1 Å². The van der Waals surface area contributed by atoms with Crippen molar-refractivity contribution in [2.75, 3.05) is 26.7 Å². The second-order valence-corrected chi connectivity index (χ2v) is 6.39. The molecule has 0 N–H and O–H groups in total. The lowest BCUT2D eigenvalue weighted by molar-refractivity contribution is 0.0156. The first kappa shape index (κ1) is 16.3. The molecule has 0 aromatic rings. The number of ether oxygens (including phenoxy) is 1. The monoisotopic (exact) mass is 269 g/mol. The number of hydrogen-bond acceptors (Lipinski definition) is 3. The number of hydrogen-bond donors (Lipinski definition) is 0. The van der Waals surface area contributed by atoms with E-state index in [2.05, 4.69) is 18.9 Å². The zero-order chi connectivity index (χ0) is 14.5. The minimum Gasteiger partial charge on any atom is -0.444 e. The van der Waals surface area contributed by atoms with Crippen molar-refractivity contribution in [2.24, 2.45) is 0 Å². The first-order valence-corrected chi connectivity index (χ1v) is 7.31. The third-order valence-electron chi connectivity index (χ3n) is 3.50. The molecule has 1 aliphatic heterocycles. The summed E-state index contributed by atoms with van der Waals surface area (Å²) in [5.74, 6) is 0. The Morgan fingerprint density at radius 1 is 1.37 bits per heavy atom. The lowest BCUT2D eigenvalue weighted by Crippen LogP contribution is -2.47. The largest absolute Gasteiger partial charge is 0.444 e. The molecule has 0 saturated carbocycles. The van der Waals surface area contributed by atoms with Gasteiger partial charge < -0.3 is 21.5 Å². The topological polar surface area (TPSA) is 32.8 Å². The molecule has 0 radical (unpaired) electrons. The van der Waals surface area contributed by atoms with E-state index in [4.69, 9.17) is 4.74 Å². The van der Waals surface area contributed by atoms with Crippen molar-refractivity contribution in [3.05, 3.63) is 6.92 Å². The highest BCUT2D eigenvalue weighted by atomic mass is 16.6. The van der Waals surface area contributed by atoms with Crippen LogP contribution in [0.2, 0.25) is 0 Å². The Balaban J connectivity index is 2.34.